The molecule has 1 aromatic heterocycles. The number of aliphatic hydroxyl groups excluding tert-OH is 1. The highest BCUT2D eigenvalue weighted by molar-refractivity contribution is 5.96. The number of hydrogen-bond acceptors (Lipinski definition) is 4. The summed E-state index contributed by atoms with van der Waals surface area (Å²) in [4.78, 5) is 15.0. The van der Waals surface area contributed by atoms with E-state index in [1.807, 2.05) is 7.05 Å². The number of carbonyl (C=O) groups excluding carboxylic acids is 1. The summed E-state index contributed by atoms with van der Waals surface area (Å²) in [5, 5.41) is 7.00. The largest absolute Gasteiger partial charge is 0.400 e. The normalized spacial score (nSPS) is 9.69. The number of carbonyl (C=O) groups is 1. The molecule has 0 aliphatic rings. The molecule has 0 bridgehead atoms. The molecule has 1 aromatic carbocycles. The Balaban J connectivity index is 0.000000606. The summed E-state index contributed by atoms with van der Waals surface area (Å²) >= 11 is 0. The Hall–Kier alpha value is -2.08. The van der Waals surface area contributed by atoms with Crippen molar-refractivity contribution >= 4 is 22.9 Å². The number of nitrogens with two attached hydrogens (primary N) is 2. The van der Waals surface area contributed by atoms with Gasteiger partial charge in [-0.1, -0.05) is 0 Å². The van der Waals surface area contributed by atoms with Crippen LogP contribution in [0.15, 0.2) is 18.2 Å². The van der Waals surface area contributed by atoms with Crippen molar-refractivity contribution in [2.24, 2.45) is 12.8 Å². The molecule has 2 aromatic rings. The first-order valence-electron chi connectivity index (χ1n) is 4.56. The Morgan fingerprint density at radius 2 is 2.06 bits per heavy atom. The van der Waals surface area contributed by atoms with Gasteiger partial charge in [-0.25, -0.2) is 4.98 Å². The molecule has 0 saturated carbocycles. The maximum atomic E-state index is 10.9. The second kappa shape index (κ2) is 4.63. The third-order valence-electron chi connectivity index (χ3n) is 2.20. The number of hydrogen-bond donors (Lipinski definition) is 3. The summed E-state index contributed by atoms with van der Waals surface area (Å²) < 4.78 is 1.75. The molecular weight excluding hydrogens is 208 g/mol. The number of imidazole rings is 1. The Kier molecular flexibility index (Phi) is 3.47. The Labute approximate surface area is 92.5 Å². The molecule has 0 fully saturated rings. The van der Waals surface area contributed by atoms with Gasteiger partial charge in [-0.3, -0.25) is 4.79 Å². The lowest BCUT2D eigenvalue weighted by atomic mass is 10.2. The first-order valence-corrected chi connectivity index (χ1v) is 4.56. The number of aromatic nitrogens is 2. The van der Waals surface area contributed by atoms with Crippen LogP contribution in [0.25, 0.3) is 11.0 Å². The third kappa shape index (κ3) is 1.96. The van der Waals surface area contributed by atoms with Crippen molar-refractivity contribution in [1.29, 1.82) is 0 Å². The fourth-order valence-corrected chi connectivity index (χ4v) is 1.37. The van der Waals surface area contributed by atoms with E-state index in [0.717, 1.165) is 12.6 Å². The summed E-state index contributed by atoms with van der Waals surface area (Å²) in [6, 6.07) is 5.07. The Bertz CT molecular complexity index is 519. The summed E-state index contributed by atoms with van der Waals surface area (Å²) in [6.07, 6.45) is 0. The first-order chi connectivity index (χ1) is 7.59. The third-order valence-corrected chi connectivity index (χ3v) is 2.20. The van der Waals surface area contributed by atoms with Gasteiger partial charge >= 0.3 is 0 Å². The molecule has 16 heavy (non-hydrogen) atoms. The van der Waals surface area contributed by atoms with Gasteiger partial charge in [0.1, 0.15) is 0 Å². The standard InChI is InChI=1S/C9H10N4O.CH4O/c1-13-7-3-2-5(8(10)14)4-6(7)12-9(13)11;1-2/h2-4H,1H3,(H2,10,14)(H2,11,12);2H,1H3. The zero-order chi connectivity index (χ0) is 12.3. The summed E-state index contributed by atoms with van der Waals surface area (Å²) in [6.45, 7) is 0. The van der Waals surface area contributed by atoms with Gasteiger partial charge in [0, 0.05) is 19.7 Å². The van der Waals surface area contributed by atoms with E-state index in [-0.39, 0.29) is 0 Å². The van der Waals surface area contributed by atoms with Crippen LogP contribution in [0.4, 0.5) is 5.95 Å². The molecule has 1 amide bonds. The van der Waals surface area contributed by atoms with Gasteiger partial charge in [0.25, 0.3) is 0 Å². The second-order valence-electron chi connectivity index (χ2n) is 3.10. The number of nitrogens with zero attached hydrogens (tertiary/aromatic N) is 2. The minimum absolute atomic E-state index is 0.418. The second-order valence-corrected chi connectivity index (χ2v) is 3.10. The van der Waals surface area contributed by atoms with Crippen LogP contribution in [-0.4, -0.2) is 27.7 Å². The lowest BCUT2D eigenvalue weighted by Crippen LogP contribution is -2.10. The number of anilines is 1. The topological polar surface area (TPSA) is 107 Å². The van der Waals surface area contributed by atoms with Crippen molar-refractivity contribution in [2.75, 3.05) is 12.8 Å². The molecule has 0 aliphatic heterocycles. The van der Waals surface area contributed by atoms with E-state index in [4.69, 9.17) is 16.6 Å². The van der Waals surface area contributed by atoms with Crippen LogP contribution < -0.4 is 11.5 Å². The summed E-state index contributed by atoms with van der Waals surface area (Å²) in [5.74, 6) is -0.0438. The van der Waals surface area contributed by atoms with Crippen LogP contribution in [0, 0.1) is 0 Å². The molecule has 0 unspecified atom stereocenters. The van der Waals surface area contributed by atoms with E-state index in [0.29, 0.717) is 17.0 Å². The number of amides is 1. The number of rotatable bonds is 1. The molecule has 0 spiro atoms. The van der Waals surface area contributed by atoms with Crippen LogP contribution >= 0.6 is 0 Å². The maximum absolute atomic E-state index is 10.9. The van der Waals surface area contributed by atoms with Gasteiger partial charge in [0.05, 0.1) is 11.0 Å². The van der Waals surface area contributed by atoms with Crippen molar-refractivity contribution in [3.8, 4) is 0 Å². The molecule has 6 heteroatoms. The molecule has 0 aliphatic carbocycles. The number of fused-ring (bicyclic) bond motifs is 1. The fourth-order valence-electron chi connectivity index (χ4n) is 1.37. The maximum Gasteiger partial charge on any atom is 0.248 e. The molecule has 86 valence electrons. The van der Waals surface area contributed by atoms with Gasteiger partial charge in [-0.2, -0.15) is 0 Å². The zero-order valence-corrected chi connectivity index (χ0v) is 9.14. The molecule has 6 nitrogen and oxygen atoms in total. The highest BCUT2D eigenvalue weighted by atomic mass is 16.2. The number of benzene rings is 1. The monoisotopic (exact) mass is 222 g/mol. The van der Waals surface area contributed by atoms with Crippen molar-refractivity contribution in [3.05, 3.63) is 23.8 Å². The Morgan fingerprint density at radius 3 is 2.62 bits per heavy atom. The zero-order valence-electron chi connectivity index (χ0n) is 9.14. The molecule has 0 atom stereocenters. The quantitative estimate of drug-likeness (QED) is 0.624. The lowest BCUT2D eigenvalue weighted by Gasteiger charge is -1.97. The van der Waals surface area contributed by atoms with E-state index in [1.165, 1.54) is 0 Å². The number of aryl methyl sites for hydroxylation is 1. The van der Waals surface area contributed by atoms with Crippen molar-refractivity contribution in [3.63, 3.8) is 0 Å². The van der Waals surface area contributed by atoms with E-state index in [2.05, 4.69) is 4.98 Å². The molecule has 1 heterocycles. The van der Waals surface area contributed by atoms with Crippen LogP contribution in [-0.2, 0) is 7.05 Å². The van der Waals surface area contributed by atoms with Gasteiger partial charge in [-0.05, 0) is 18.2 Å². The van der Waals surface area contributed by atoms with Gasteiger partial charge < -0.3 is 21.1 Å². The lowest BCUT2D eigenvalue weighted by molar-refractivity contribution is 0.100. The predicted octanol–water partition coefficient (Wildman–Crippen LogP) is -0.137. The highest BCUT2D eigenvalue weighted by Crippen LogP contribution is 2.17. The average Bonchev–Trinajstić information content (AvgIpc) is 2.57. The Morgan fingerprint density at radius 1 is 1.44 bits per heavy atom. The van der Waals surface area contributed by atoms with Crippen LogP contribution in [0.5, 0.6) is 0 Å². The van der Waals surface area contributed by atoms with E-state index in [1.54, 1.807) is 22.8 Å². The SMILES string of the molecule is CO.Cn1c(N)nc2cc(C(N)=O)ccc21. The number of primary amides is 1. The van der Waals surface area contributed by atoms with E-state index in [9.17, 15) is 4.79 Å². The van der Waals surface area contributed by atoms with E-state index >= 15 is 0 Å². The molecule has 2 rings (SSSR count). The number of nitrogen functional groups attached to an aromatic ring is 1. The fraction of sp³-hybridized carbons (Fsp3) is 0.200. The predicted molar refractivity (Wildman–Crippen MR) is 61.8 cm³/mol. The summed E-state index contributed by atoms with van der Waals surface area (Å²) in [7, 11) is 2.81. The summed E-state index contributed by atoms with van der Waals surface area (Å²) in [5.41, 5.74) is 12.8. The first kappa shape index (κ1) is 12.0. The smallest absolute Gasteiger partial charge is 0.248 e. The highest BCUT2D eigenvalue weighted by Gasteiger charge is 2.07. The van der Waals surface area contributed by atoms with Gasteiger partial charge in [0.2, 0.25) is 11.9 Å². The van der Waals surface area contributed by atoms with Gasteiger partial charge in [0.15, 0.2) is 0 Å². The van der Waals surface area contributed by atoms with Crippen LogP contribution in [0.2, 0.25) is 0 Å². The average molecular weight is 222 g/mol. The van der Waals surface area contributed by atoms with Crippen LogP contribution in [0.1, 0.15) is 10.4 Å². The molecule has 0 radical (unpaired) electrons. The van der Waals surface area contributed by atoms with Crippen LogP contribution in [0.3, 0.4) is 0 Å². The van der Waals surface area contributed by atoms with E-state index < -0.39 is 5.91 Å². The van der Waals surface area contributed by atoms with Crippen molar-refractivity contribution in [1.82, 2.24) is 9.55 Å². The minimum atomic E-state index is -0.462. The van der Waals surface area contributed by atoms with Crippen molar-refractivity contribution in [2.45, 2.75) is 0 Å². The molecule has 0 saturated heterocycles. The number of aliphatic hydroxyl groups is 1. The van der Waals surface area contributed by atoms with Crippen molar-refractivity contribution < 1.29 is 9.90 Å². The molecular formula is C10H14N4O2. The van der Waals surface area contributed by atoms with Gasteiger partial charge in [-0.15, -0.1) is 0 Å². The minimum Gasteiger partial charge on any atom is -0.400 e. The molecule has 5 N–H and O–H groups in total.